The van der Waals surface area contributed by atoms with E-state index >= 15 is 0 Å². The van der Waals surface area contributed by atoms with Crippen LogP contribution in [0, 0.1) is 6.92 Å². The van der Waals surface area contributed by atoms with Crippen LogP contribution in [0.25, 0.3) is 0 Å². The van der Waals surface area contributed by atoms with Crippen LogP contribution in [0.1, 0.15) is 49.5 Å². The van der Waals surface area contributed by atoms with E-state index in [1.54, 1.807) is 0 Å². The highest BCUT2D eigenvalue weighted by molar-refractivity contribution is 7.99. The van der Waals surface area contributed by atoms with Crippen LogP contribution >= 0.6 is 23.4 Å². The predicted octanol–water partition coefficient (Wildman–Crippen LogP) is 5.49. The Bertz CT molecular complexity index is 850. The van der Waals surface area contributed by atoms with E-state index in [4.69, 9.17) is 11.6 Å². The highest BCUT2D eigenvalue weighted by atomic mass is 35.5. The Morgan fingerprint density at radius 3 is 2.68 bits per heavy atom. The van der Waals surface area contributed by atoms with E-state index in [-0.39, 0.29) is 16.5 Å². The molecule has 3 rings (SSSR count). The molecule has 1 amide bonds. The summed E-state index contributed by atoms with van der Waals surface area (Å²) in [6.45, 7) is 1.88. The fourth-order valence-corrected chi connectivity index (χ4v) is 4.34. The smallest absolute Gasteiger partial charge is 0.324 e. The molecule has 0 bridgehead atoms. The second-order valence-electron chi connectivity index (χ2n) is 6.72. The van der Waals surface area contributed by atoms with E-state index in [1.807, 2.05) is 6.92 Å². The second kappa shape index (κ2) is 8.73. The van der Waals surface area contributed by atoms with Crippen LogP contribution in [-0.2, 0) is 11.0 Å². The van der Waals surface area contributed by atoms with Gasteiger partial charge in [-0.05, 0) is 38.0 Å². The Kier molecular flexibility index (Phi) is 6.54. The van der Waals surface area contributed by atoms with Crippen LogP contribution in [0.15, 0.2) is 23.4 Å². The lowest BCUT2D eigenvalue weighted by Crippen LogP contribution is -2.18. The number of nitrogens with zero attached hydrogens (tertiary/aromatic N) is 3. The van der Waals surface area contributed by atoms with Crippen molar-refractivity contribution in [2.24, 2.45) is 0 Å². The van der Waals surface area contributed by atoms with Gasteiger partial charge in [-0.2, -0.15) is 13.2 Å². The van der Waals surface area contributed by atoms with Gasteiger partial charge in [0.2, 0.25) is 5.91 Å². The molecule has 152 valence electrons. The maximum absolute atomic E-state index is 12.9. The highest BCUT2D eigenvalue weighted by Crippen LogP contribution is 2.35. The molecule has 28 heavy (non-hydrogen) atoms. The van der Waals surface area contributed by atoms with Crippen LogP contribution in [0.5, 0.6) is 0 Å². The van der Waals surface area contributed by atoms with Gasteiger partial charge in [-0.3, -0.25) is 4.79 Å². The molecular formula is C18H20ClF3N4OS. The lowest BCUT2D eigenvalue weighted by atomic mass is 9.95. The number of thioether (sulfide) groups is 1. The zero-order valence-electron chi connectivity index (χ0n) is 15.2. The molecule has 0 saturated heterocycles. The lowest BCUT2D eigenvalue weighted by Gasteiger charge is -2.24. The summed E-state index contributed by atoms with van der Waals surface area (Å²) >= 11 is 7.14. The molecule has 1 heterocycles. The normalized spacial score (nSPS) is 15.6. The summed E-state index contributed by atoms with van der Waals surface area (Å²) in [5, 5.41) is 11.4. The fourth-order valence-electron chi connectivity index (χ4n) is 3.32. The summed E-state index contributed by atoms with van der Waals surface area (Å²) in [7, 11) is 0. The van der Waals surface area contributed by atoms with E-state index < -0.39 is 17.6 Å². The molecule has 0 unspecified atom stereocenters. The number of rotatable bonds is 5. The lowest BCUT2D eigenvalue weighted by molar-refractivity contribution is -0.137. The summed E-state index contributed by atoms with van der Waals surface area (Å²) in [6.07, 6.45) is 1.13. The molecule has 0 atom stereocenters. The number of carbonyl (C=O) groups excluding carboxylic acids is 1. The molecule has 1 aromatic heterocycles. The van der Waals surface area contributed by atoms with Gasteiger partial charge >= 0.3 is 6.18 Å². The van der Waals surface area contributed by atoms with Gasteiger partial charge in [-0.25, -0.2) is 0 Å². The number of aromatic nitrogens is 3. The topological polar surface area (TPSA) is 59.8 Å². The summed E-state index contributed by atoms with van der Waals surface area (Å²) < 4.78 is 40.6. The number of amides is 1. The molecule has 0 aliphatic heterocycles. The molecule has 10 heteroatoms. The first-order valence-corrected chi connectivity index (χ1v) is 10.3. The van der Waals surface area contributed by atoms with Crippen molar-refractivity contribution in [1.29, 1.82) is 0 Å². The van der Waals surface area contributed by atoms with Crippen molar-refractivity contribution in [3.05, 3.63) is 34.6 Å². The third kappa shape index (κ3) is 5.00. The van der Waals surface area contributed by atoms with E-state index in [2.05, 4.69) is 20.1 Å². The minimum atomic E-state index is -4.51. The van der Waals surface area contributed by atoms with Crippen LogP contribution in [0.4, 0.5) is 18.9 Å². The van der Waals surface area contributed by atoms with Crippen molar-refractivity contribution < 1.29 is 18.0 Å². The van der Waals surface area contributed by atoms with Crippen molar-refractivity contribution in [2.45, 2.75) is 56.4 Å². The van der Waals surface area contributed by atoms with Gasteiger partial charge in [0.15, 0.2) is 5.16 Å². The van der Waals surface area contributed by atoms with Gasteiger partial charge in [-0.15, -0.1) is 10.2 Å². The standard InChI is InChI=1S/C18H20ClF3N4OS/c1-11-24-25-17(26(11)13-5-3-2-4-6-13)28-10-16(27)23-15-9-12(18(20,21)22)7-8-14(15)19/h7-9,13H,2-6,10H2,1H3,(H,23,27). The number of alkyl halides is 3. The Morgan fingerprint density at radius 2 is 2.00 bits per heavy atom. The monoisotopic (exact) mass is 432 g/mol. The Morgan fingerprint density at radius 1 is 1.29 bits per heavy atom. The average molecular weight is 433 g/mol. The molecule has 0 spiro atoms. The van der Waals surface area contributed by atoms with Crippen molar-refractivity contribution in [3.63, 3.8) is 0 Å². The number of hydrogen-bond donors (Lipinski definition) is 1. The van der Waals surface area contributed by atoms with Gasteiger partial charge in [-0.1, -0.05) is 42.6 Å². The van der Waals surface area contributed by atoms with Gasteiger partial charge in [0.25, 0.3) is 0 Å². The van der Waals surface area contributed by atoms with Crippen molar-refractivity contribution in [3.8, 4) is 0 Å². The first-order chi connectivity index (χ1) is 13.3. The number of halogens is 4. The number of hydrogen-bond acceptors (Lipinski definition) is 4. The third-order valence-electron chi connectivity index (χ3n) is 4.67. The number of benzene rings is 1. The van der Waals surface area contributed by atoms with Gasteiger partial charge in [0.1, 0.15) is 5.82 Å². The molecule has 1 aliphatic carbocycles. The van der Waals surface area contributed by atoms with Crippen LogP contribution in [0.3, 0.4) is 0 Å². The number of carbonyl (C=O) groups is 1. The molecule has 1 aliphatic rings. The first kappa shape index (κ1) is 21.0. The van der Waals surface area contributed by atoms with Crippen LogP contribution in [-0.4, -0.2) is 26.4 Å². The van der Waals surface area contributed by atoms with Crippen molar-refractivity contribution in [2.75, 3.05) is 11.1 Å². The quantitative estimate of drug-likeness (QED) is 0.634. The van der Waals surface area contributed by atoms with E-state index in [0.29, 0.717) is 11.2 Å². The van der Waals surface area contributed by atoms with Crippen LogP contribution in [0.2, 0.25) is 5.02 Å². The minimum absolute atomic E-state index is 0.00255. The van der Waals surface area contributed by atoms with E-state index in [1.165, 1.54) is 18.2 Å². The molecule has 1 saturated carbocycles. The second-order valence-corrected chi connectivity index (χ2v) is 8.07. The summed E-state index contributed by atoms with van der Waals surface area (Å²) in [5.41, 5.74) is -0.931. The Balaban J connectivity index is 1.66. The number of nitrogens with one attached hydrogen (secondary N) is 1. The molecule has 1 N–H and O–H groups in total. The molecule has 1 aromatic carbocycles. The van der Waals surface area contributed by atoms with Crippen molar-refractivity contribution >= 4 is 35.0 Å². The molecule has 1 fully saturated rings. The van der Waals surface area contributed by atoms with E-state index in [9.17, 15) is 18.0 Å². The summed E-state index contributed by atoms with van der Waals surface area (Å²) in [4.78, 5) is 12.3. The minimum Gasteiger partial charge on any atom is -0.324 e. The Hall–Kier alpha value is -1.74. The summed E-state index contributed by atoms with van der Waals surface area (Å²) in [5.74, 6) is 0.343. The largest absolute Gasteiger partial charge is 0.416 e. The van der Waals surface area contributed by atoms with Crippen molar-refractivity contribution in [1.82, 2.24) is 14.8 Å². The SMILES string of the molecule is Cc1nnc(SCC(=O)Nc2cc(C(F)(F)F)ccc2Cl)n1C1CCCCC1. The zero-order chi connectivity index (χ0) is 20.3. The number of anilines is 1. The van der Waals surface area contributed by atoms with Crippen LogP contribution < -0.4 is 5.32 Å². The maximum Gasteiger partial charge on any atom is 0.416 e. The predicted molar refractivity (Wildman–Crippen MR) is 103 cm³/mol. The number of aryl methyl sites for hydroxylation is 1. The average Bonchev–Trinajstić information content (AvgIpc) is 3.02. The molecule has 5 nitrogen and oxygen atoms in total. The Labute approximate surface area is 170 Å². The highest BCUT2D eigenvalue weighted by Gasteiger charge is 2.31. The molecular weight excluding hydrogens is 413 g/mol. The van der Waals surface area contributed by atoms with Gasteiger partial charge in [0.05, 0.1) is 22.0 Å². The van der Waals surface area contributed by atoms with Gasteiger partial charge < -0.3 is 9.88 Å². The summed E-state index contributed by atoms with van der Waals surface area (Å²) in [6, 6.07) is 3.16. The third-order valence-corrected chi connectivity index (χ3v) is 5.95. The molecule has 0 radical (unpaired) electrons. The first-order valence-electron chi connectivity index (χ1n) is 8.96. The van der Waals surface area contributed by atoms with E-state index in [0.717, 1.165) is 49.7 Å². The van der Waals surface area contributed by atoms with Gasteiger partial charge in [0, 0.05) is 6.04 Å². The maximum atomic E-state index is 12.9. The fraction of sp³-hybridized carbons (Fsp3) is 0.500. The zero-order valence-corrected chi connectivity index (χ0v) is 16.8. The molecule has 2 aromatic rings.